The van der Waals surface area contributed by atoms with Gasteiger partial charge in [0, 0.05) is 6.20 Å². The largest absolute Gasteiger partial charge is 0.260 e. The third kappa shape index (κ3) is 1.59. The van der Waals surface area contributed by atoms with E-state index in [1.165, 1.54) is 0 Å². The van der Waals surface area contributed by atoms with Crippen LogP contribution in [0.1, 0.15) is 10.9 Å². The van der Waals surface area contributed by atoms with E-state index in [9.17, 15) is 0 Å². The van der Waals surface area contributed by atoms with Crippen molar-refractivity contribution >= 4 is 11.8 Å². The number of thioether (sulfide) groups is 1. The van der Waals surface area contributed by atoms with Crippen LogP contribution in [0, 0.1) is 0 Å². The predicted octanol–water partition coefficient (Wildman–Crippen LogP) is 2.94. The monoisotopic (exact) mass is 175 g/mol. The molecule has 0 aromatic carbocycles. The lowest BCUT2D eigenvalue weighted by molar-refractivity contribution is 1.09. The Hall–Kier alpha value is -1.02. The molecule has 1 nitrogen and oxygen atoms in total. The molecule has 2 heteroatoms. The van der Waals surface area contributed by atoms with Crippen molar-refractivity contribution in [3.8, 4) is 0 Å². The minimum Gasteiger partial charge on any atom is -0.260 e. The fraction of sp³-hybridized carbons (Fsp3) is 0.100. The summed E-state index contributed by atoms with van der Waals surface area (Å²) in [6.45, 7) is 0. The van der Waals surface area contributed by atoms with Gasteiger partial charge in [-0.2, -0.15) is 0 Å². The van der Waals surface area contributed by atoms with Crippen LogP contribution in [-0.2, 0) is 0 Å². The van der Waals surface area contributed by atoms with E-state index in [0.29, 0.717) is 5.25 Å². The van der Waals surface area contributed by atoms with E-state index in [1.54, 1.807) is 11.8 Å². The van der Waals surface area contributed by atoms with Crippen molar-refractivity contribution in [2.24, 2.45) is 0 Å². The van der Waals surface area contributed by atoms with Gasteiger partial charge in [-0.3, -0.25) is 4.98 Å². The van der Waals surface area contributed by atoms with E-state index < -0.39 is 0 Å². The molecule has 60 valence electrons. The fourth-order valence-corrected chi connectivity index (χ4v) is 1.91. The van der Waals surface area contributed by atoms with Crippen molar-refractivity contribution in [2.75, 3.05) is 0 Å². The van der Waals surface area contributed by atoms with E-state index in [0.717, 1.165) is 5.69 Å². The molecule has 1 aliphatic rings. The zero-order valence-electron chi connectivity index (χ0n) is 6.55. The third-order valence-corrected chi connectivity index (χ3v) is 2.69. The number of hydrogen-bond donors (Lipinski definition) is 0. The molecule has 1 aromatic heterocycles. The Bertz CT molecular complexity index is 303. The highest BCUT2D eigenvalue weighted by molar-refractivity contribution is 8.02. The average Bonchev–Trinajstić information content (AvgIpc) is 2.21. The van der Waals surface area contributed by atoms with Gasteiger partial charge < -0.3 is 0 Å². The van der Waals surface area contributed by atoms with Gasteiger partial charge in [-0.15, -0.1) is 11.8 Å². The SMILES string of the molecule is C1=CSC(c2ccccn2)C=C1. The predicted molar refractivity (Wildman–Crippen MR) is 52.8 cm³/mol. The summed E-state index contributed by atoms with van der Waals surface area (Å²) in [7, 11) is 0. The zero-order chi connectivity index (χ0) is 8.23. The van der Waals surface area contributed by atoms with E-state index in [1.807, 2.05) is 24.4 Å². The van der Waals surface area contributed by atoms with Gasteiger partial charge in [0.1, 0.15) is 0 Å². The van der Waals surface area contributed by atoms with Gasteiger partial charge in [0.2, 0.25) is 0 Å². The summed E-state index contributed by atoms with van der Waals surface area (Å²) in [5, 5.41) is 2.50. The maximum absolute atomic E-state index is 4.30. The van der Waals surface area contributed by atoms with Crippen LogP contribution in [0.2, 0.25) is 0 Å². The average molecular weight is 175 g/mol. The second-order valence-electron chi connectivity index (χ2n) is 2.52. The molecule has 1 unspecified atom stereocenters. The number of nitrogens with zero attached hydrogens (tertiary/aromatic N) is 1. The van der Waals surface area contributed by atoms with Gasteiger partial charge in [0.25, 0.3) is 0 Å². The molecular weight excluding hydrogens is 166 g/mol. The third-order valence-electron chi connectivity index (χ3n) is 1.68. The molecule has 0 aliphatic carbocycles. The first kappa shape index (κ1) is 7.62. The van der Waals surface area contributed by atoms with Gasteiger partial charge in [-0.1, -0.05) is 24.3 Å². The zero-order valence-corrected chi connectivity index (χ0v) is 7.37. The minimum absolute atomic E-state index is 0.399. The molecule has 1 atom stereocenters. The number of hydrogen-bond acceptors (Lipinski definition) is 2. The van der Waals surface area contributed by atoms with Crippen LogP contribution < -0.4 is 0 Å². The van der Waals surface area contributed by atoms with Crippen molar-refractivity contribution in [1.82, 2.24) is 4.98 Å². The molecule has 0 bridgehead atoms. The van der Waals surface area contributed by atoms with Gasteiger partial charge in [0.15, 0.2) is 0 Å². The molecule has 0 radical (unpaired) electrons. The standard InChI is InChI=1S/C10H9NS/c1-3-7-11-9(5-1)10-6-2-4-8-12-10/h1-8,10H. The van der Waals surface area contributed by atoms with Gasteiger partial charge in [-0.05, 0) is 17.5 Å². The van der Waals surface area contributed by atoms with Crippen molar-refractivity contribution in [3.05, 3.63) is 53.7 Å². The van der Waals surface area contributed by atoms with E-state index in [-0.39, 0.29) is 0 Å². The Morgan fingerprint density at radius 3 is 2.92 bits per heavy atom. The summed E-state index contributed by atoms with van der Waals surface area (Å²) in [6.07, 6.45) is 8.11. The molecule has 2 rings (SSSR count). The number of allylic oxidation sites excluding steroid dienone is 2. The fourth-order valence-electron chi connectivity index (χ4n) is 1.10. The second kappa shape index (κ2) is 3.59. The Labute approximate surface area is 76.2 Å². The molecule has 2 heterocycles. The van der Waals surface area contributed by atoms with Crippen molar-refractivity contribution in [1.29, 1.82) is 0 Å². The maximum Gasteiger partial charge on any atom is 0.0694 e. The molecule has 1 aromatic rings. The molecule has 0 fully saturated rings. The highest BCUT2D eigenvalue weighted by Crippen LogP contribution is 2.31. The van der Waals surface area contributed by atoms with Crippen molar-refractivity contribution in [2.45, 2.75) is 5.25 Å². The van der Waals surface area contributed by atoms with Crippen LogP contribution in [0.15, 0.2) is 48.0 Å². The van der Waals surface area contributed by atoms with Crippen LogP contribution >= 0.6 is 11.8 Å². The summed E-state index contributed by atoms with van der Waals surface area (Å²) in [5.41, 5.74) is 1.13. The summed E-state index contributed by atoms with van der Waals surface area (Å²) in [6, 6.07) is 6.02. The van der Waals surface area contributed by atoms with Crippen LogP contribution in [0.5, 0.6) is 0 Å². The molecule has 0 saturated heterocycles. The highest BCUT2D eigenvalue weighted by atomic mass is 32.2. The van der Waals surface area contributed by atoms with Gasteiger partial charge in [0.05, 0.1) is 10.9 Å². The lowest BCUT2D eigenvalue weighted by Crippen LogP contribution is -1.93. The molecule has 0 saturated carbocycles. The molecule has 0 spiro atoms. The molecule has 0 N–H and O–H groups in total. The smallest absolute Gasteiger partial charge is 0.0694 e. The van der Waals surface area contributed by atoms with Crippen LogP contribution in [-0.4, -0.2) is 4.98 Å². The Kier molecular flexibility index (Phi) is 2.28. The molecule has 12 heavy (non-hydrogen) atoms. The summed E-state index contributed by atoms with van der Waals surface area (Å²) in [4.78, 5) is 4.30. The number of rotatable bonds is 1. The van der Waals surface area contributed by atoms with E-state index in [2.05, 4.69) is 28.6 Å². The van der Waals surface area contributed by atoms with Crippen LogP contribution in [0.25, 0.3) is 0 Å². The van der Waals surface area contributed by atoms with E-state index in [4.69, 9.17) is 0 Å². The maximum atomic E-state index is 4.30. The van der Waals surface area contributed by atoms with Crippen LogP contribution in [0.4, 0.5) is 0 Å². The van der Waals surface area contributed by atoms with Crippen molar-refractivity contribution in [3.63, 3.8) is 0 Å². The van der Waals surface area contributed by atoms with Crippen LogP contribution in [0.3, 0.4) is 0 Å². The first-order valence-corrected chi connectivity index (χ1v) is 4.81. The quantitative estimate of drug-likeness (QED) is 0.651. The lowest BCUT2D eigenvalue weighted by Gasteiger charge is -2.10. The Morgan fingerprint density at radius 2 is 2.25 bits per heavy atom. The normalized spacial score (nSPS) is 21.2. The Balaban J connectivity index is 2.21. The number of aromatic nitrogens is 1. The molecular formula is C10H9NS. The molecule has 0 amide bonds. The number of pyridine rings is 1. The van der Waals surface area contributed by atoms with Gasteiger partial charge >= 0.3 is 0 Å². The van der Waals surface area contributed by atoms with E-state index >= 15 is 0 Å². The minimum atomic E-state index is 0.399. The first-order valence-electron chi connectivity index (χ1n) is 3.86. The highest BCUT2D eigenvalue weighted by Gasteiger charge is 2.08. The summed E-state index contributed by atoms with van der Waals surface area (Å²) in [5.74, 6) is 0. The van der Waals surface area contributed by atoms with Crippen molar-refractivity contribution < 1.29 is 0 Å². The van der Waals surface area contributed by atoms with Gasteiger partial charge in [-0.25, -0.2) is 0 Å². The summed E-state index contributed by atoms with van der Waals surface area (Å²) < 4.78 is 0. The Morgan fingerprint density at radius 1 is 1.25 bits per heavy atom. The lowest BCUT2D eigenvalue weighted by atomic mass is 10.2. The first-order chi connectivity index (χ1) is 5.97. The summed E-state index contributed by atoms with van der Waals surface area (Å²) >= 11 is 1.79. The second-order valence-corrected chi connectivity index (χ2v) is 3.58. The molecule has 1 aliphatic heterocycles. The topological polar surface area (TPSA) is 12.9 Å².